The highest BCUT2D eigenvalue weighted by molar-refractivity contribution is 5.20. The number of halogens is 2. The van der Waals surface area contributed by atoms with Gasteiger partial charge in [-0.2, -0.15) is 0 Å². The quantitative estimate of drug-likeness (QED) is 0.626. The van der Waals surface area contributed by atoms with E-state index in [1.807, 2.05) is 0 Å². The Morgan fingerprint density at radius 2 is 2.00 bits per heavy atom. The van der Waals surface area contributed by atoms with Gasteiger partial charge < -0.3 is 0 Å². The van der Waals surface area contributed by atoms with Crippen molar-refractivity contribution in [1.29, 1.82) is 0 Å². The van der Waals surface area contributed by atoms with Crippen LogP contribution in [0.25, 0.3) is 0 Å². The van der Waals surface area contributed by atoms with E-state index in [1.165, 1.54) is 31.7 Å². The summed E-state index contributed by atoms with van der Waals surface area (Å²) in [4.78, 5) is 0. The van der Waals surface area contributed by atoms with Gasteiger partial charge in [-0.15, -0.1) is 0 Å². The lowest BCUT2D eigenvalue weighted by atomic mass is 9.94. The molecule has 4 heteroatoms. The van der Waals surface area contributed by atoms with Crippen LogP contribution >= 0.6 is 0 Å². The van der Waals surface area contributed by atoms with Crippen LogP contribution in [0, 0.1) is 17.6 Å². The maximum atomic E-state index is 13.6. The molecule has 0 saturated heterocycles. The topological polar surface area (TPSA) is 38.0 Å². The zero-order chi connectivity index (χ0) is 13.0. The van der Waals surface area contributed by atoms with E-state index < -0.39 is 11.6 Å². The van der Waals surface area contributed by atoms with Crippen LogP contribution in [0.4, 0.5) is 8.78 Å². The average molecular weight is 254 g/mol. The Bertz CT molecular complexity index is 389. The summed E-state index contributed by atoms with van der Waals surface area (Å²) < 4.78 is 26.7. The first-order valence-corrected chi connectivity index (χ1v) is 6.59. The van der Waals surface area contributed by atoms with Gasteiger partial charge in [0.2, 0.25) is 0 Å². The van der Waals surface area contributed by atoms with Crippen LogP contribution in [-0.2, 0) is 6.42 Å². The molecule has 0 heterocycles. The zero-order valence-corrected chi connectivity index (χ0v) is 10.5. The van der Waals surface area contributed by atoms with E-state index in [9.17, 15) is 8.78 Å². The number of hydrazine groups is 1. The Labute approximate surface area is 107 Å². The number of rotatable bonds is 5. The van der Waals surface area contributed by atoms with Gasteiger partial charge in [0.25, 0.3) is 0 Å². The lowest BCUT2D eigenvalue weighted by Gasteiger charge is -2.20. The molecule has 1 aliphatic rings. The van der Waals surface area contributed by atoms with Crippen molar-refractivity contribution >= 4 is 0 Å². The van der Waals surface area contributed by atoms with Crippen molar-refractivity contribution in [1.82, 2.24) is 5.43 Å². The fourth-order valence-corrected chi connectivity index (χ4v) is 2.83. The Kier molecular flexibility index (Phi) is 4.66. The molecule has 1 fully saturated rings. The molecule has 3 N–H and O–H groups in total. The van der Waals surface area contributed by atoms with Crippen LogP contribution < -0.4 is 11.3 Å². The number of nitrogens with one attached hydrogen (secondary N) is 1. The van der Waals surface area contributed by atoms with E-state index in [2.05, 4.69) is 5.43 Å². The third kappa shape index (κ3) is 3.27. The van der Waals surface area contributed by atoms with Gasteiger partial charge in [-0.05, 0) is 30.4 Å². The third-order valence-corrected chi connectivity index (χ3v) is 3.83. The van der Waals surface area contributed by atoms with E-state index in [-0.39, 0.29) is 6.04 Å². The van der Waals surface area contributed by atoms with E-state index in [4.69, 9.17) is 5.84 Å². The highest BCUT2D eigenvalue weighted by Crippen LogP contribution is 2.29. The van der Waals surface area contributed by atoms with Gasteiger partial charge in [-0.1, -0.05) is 37.8 Å². The molecule has 0 aliphatic heterocycles. The highest BCUT2D eigenvalue weighted by Gasteiger charge is 2.21. The highest BCUT2D eigenvalue weighted by atomic mass is 19.2. The molecule has 1 aromatic rings. The monoisotopic (exact) mass is 254 g/mol. The second-order valence-corrected chi connectivity index (χ2v) is 5.17. The van der Waals surface area contributed by atoms with E-state index in [0.717, 1.165) is 12.5 Å². The minimum atomic E-state index is -0.788. The molecule has 1 atom stereocenters. The molecule has 0 aromatic heterocycles. The number of hydrogen-bond donors (Lipinski definition) is 2. The molecule has 1 saturated carbocycles. The van der Waals surface area contributed by atoms with E-state index >= 15 is 0 Å². The van der Waals surface area contributed by atoms with Gasteiger partial charge in [0.05, 0.1) is 0 Å². The molecular weight excluding hydrogens is 234 g/mol. The average Bonchev–Trinajstić information content (AvgIpc) is 2.86. The zero-order valence-electron chi connectivity index (χ0n) is 10.5. The number of nitrogens with two attached hydrogens (primary N) is 1. The number of benzene rings is 1. The fourth-order valence-electron chi connectivity index (χ4n) is 2.83. The van der Waals surface area contributed by atoms with Crippen molar-refractivity contribution < 1.29 is 8.78 Å². The molecule has 1 aliphatic carbocycles. The van der Waals surface area contributed by atoms with Crippen molar-refractivity contribution in [2.75, 3.05) is 0 Å². The summed E-state index contributed by atoms with van der Waals surface area (Å²) in [6.07, 6.45) is 6.38. The molecule has 0 spiro atoms. The number of hydrogen-bond acceptors (Lipinski definition) is 2. The van der Waals surface area contributed by atoms with Crippen molar-refractivity contribution in [2.24, 2.45) is 11.8 Å². The van der Waals surface area contributed by atoms with Gasteiger partial charge in [0.1, 0.15) is 0 Å². The molecule has 2 nitrogen and oxygen atoms in total. The second-order valence-electron chi connectivity index (χ2n) is 5.17. The molecule has 0 amide bonds. The normalized spacial score (nSPS) is 18.2. The summed E-state index contributed by atoms with van der Waals surface area (Å²) >= 11 is 0. The van der Waals surface area contributed by atoms with Crippen molar-refractivity contribution in [3.05, 3.63) is 35.4 Å². The predicted octanol–water partition coefficient (Wildman–Crippen LogP) is 2.92. The maximum Gasteiger partial charge on any atom is 0.162 e. The molecule has 2 rings (SSSR count). The summed E-state index contributed by atoms with van der Waals surface area (Å²) in [6, 6.07) is 4.32. The first-order chi connectivity index (χ1) is 8.70. The van der Waals surface area contributed by atoms with Crippen LogP contribution in [0.2, 0.25) is 0 Å². The first kappa shape index (κ1) is 13.4. The smallest absolute Gasteiger partial charge is 0.162 e. The molecule has 0 bridgehead atoms. The summed E-state index contributed by atoms with van der Waals surface area (Å²) in [5.74, 6) is 4.66. The Morgan fingerprint density at radius 3 is 2.67 bits per heavy atom. The van der Waals surface area contributed by atoms with Crippen LogP contribution in [0.1, 0.15) is 37.7 Å². The molecular formula is C14H20F2N2. The van der Waals surface area contributed by atoms with Gasteiger partial charge >= 0.3 is 0 Å². The van der Waals surface area contributed by atoms with Gasteiger partial charge in [0, 0.05) is 6.04 Å². The molecule has 1 unspecified atom stereocenters. The molecule has 100 valence electrons. The van der Waals surface area contributed by atoms with Crippen molar-refractivity contribution in [3.8, 4) is 0 Å². The summed E-state index contributed by atoms with van der Waals surface area (Å²) in [7, 11) is 0. The summed E-state index contributed by atoms with van der Waals surface area (Å²) in [6.45, 7) is 0. The SMILES string of the molecule is NNC(Cc1cccc(F)c1F)CC1CCCC1. The van der Waals surface area contributed by atoms with Crippen LogP contribution in [0.5, 0.6) is 0 Å². The summed E-state index contributed by atoms with van der Waals surface area (Å²) in [5.41, 5.74) is 3.13. The maximum absolute atomic E-state index is 13.6. The minimum Gasteiger partial charge on any atom is -0.271 e. The van der Waals surface area contributed by atoms with E-state index in [1.54, 1.807) is 6.07 Å². The Hall–Kier alpha value is -1.00. The first-order valence-electron chi connectivity index (χ1n) is 6.59. The Balaban J connectivity index is 1.98. The second kappa shape index (κ2) is 6.25. The predicted molar refractivity (Wildman–Crippen MR) is 67.7 cm³/mol. The van der Waals surface area contributed by atoms with Gasteiger partial charge in [-0.25, -0.2) is 8.78 Å². The fraction of sp³-hybridized carbons (Fsp3) is 0.571. The minimum absolute atomic E-state index is 0.0180. The van der Waals surface area contributed by atoms with Crippen LogP contribution in [-0.4, -0.2) is 6.04 Å². The third-order valence-electron chi connectivity index (χ3n) is 3.83. The lowest BCUT2D eigenvalue weighted by Crippen LogP contribution is -2.38. The van der Waals surface area contributed by atoms with Crippen molar-refractivity contribution in [2.45, 2.75) is 44.6 Å². The van der Waals surface area contributed by atoms with Crippen LogP contribution in [0.15, 0.2) is 18.2 Å². The van der Waals surface area contributed by atoms with E-state index in [0.29, 0.717) is 17.9 Å². The standard InChI is InChI=1S/C14H20F2N2/c15-13-7-3-6-11(14(13)16)9-12(18-17)8-10-4-1-2-5-10/h3,6-7,10,12,18H,1-2,4-5,8-9,17H2. The Morgan fingerprint density at radius 1 is 1.28 bits per heavy atom. The lowest BCUT2D eigenvalue weighted by molar-refractivity contribution is 0.383. The van der Waals surface area contributed by atoms with Crippen molar-refractivity contribution in [3.63, 3.8) is 0 Å². The summed E-state index contributed by atoms with van der Waals surface area (Å²) in [5, 5.41) is 0. The molecule has 1 aromatic carbocycles. The van der Waals surface area contributed by atoms with Gasteiger partial charge in [0.15, 0.2) is 11.6 Å². The molecule has 18 heavy (non-hydrogen) atoms. The van der Waals surface area contributed by atoms with Crippen LogP contribution in [0.3, 0.4) is 0 Å². The van der Waals surface area contributed by atoms with Gasteiger partial charge in [-0.3, -0.25) is 11.3 Å². The largest absolute Gasteiger partial charge is 0.271 e. The molecule has 0 radical (unpaired) electrons.